The van der Waals surface area contributed by atoms with Crippen LogP contribution in [0.25, 0.3) is 0 Å². The summed E-state index contributed by atoms with van der Waals surface area (Å²) in [5.74, 6) is -2.08. The van der Waals surface area contributed by atoms with Crippen LogP contribution in [0.15, 0.2) is 18.2 Å². The quantitative estimate of drug-likeness (QED) is 0.590. The molecule has 0 saturated carbocycles. The molecule has 0 spiro atoms. The fraction of sp³-hybridized carbons (Fsp3) is 0.385. The van der Waals surface area contributed by atoms with E-state index in [1.807, 2.05) is 13.0 Å². The standard InChI is InChI=1S/C13H14O5/c1-8-5-4-6-9(12(8)16-3)13(2)17-10(14)7-11(15)18-13/h4-6H,7H2,1-3H3. The molecule has 0 amide bonds. The van der Waals surface area contributed by atoms with Gasteiger partial charge in [0.2, 0.25) is 0 Å². The van der Waals surface area contributed by atoms with Crippen LogP contribution in [0.4, 0.5) is 0 Å². The lowest BCUT2D eigenvalue weighted by molar-refractivity contribution is -0.243. The summed E-state index contributed by atoms with van der Waals surface area (Å²) >= 11 is 0. The molecule has 18 heavy (non-hydrogen) atoms. The third-order valence-electron chi connectivity index (χ3n) is 2.81. The second-order valence-electron chi connectivity index (χ2n) is 4.23. The first-order chi connectivity index (χ1) is 8.46. The van der Waals surface area contributed by atoms with E-state index in [1.54, 1.807) is 12.1 Å². The molecule has 0 atom stereocenters. The minimum absolute atomic E-state index is 0.357. The van der Waals surface area contributed by atoms with Gasteiger partial charge in [0.25, 0.3) is 5.79 Å². The Hall–Kier alpha value is -2.04. The highest BCUT2D eigenvalue weighted by Crippen LogP contribution is 2.38. The molecule has 0 bridgehead atoms. The number of methoxy groups -OCH3 is 1. The minimum Gasteiger partial charge on any atom is -0.496 e. The van der Waals surface area contributed by atoms with Crippen LogP contribution < -0.4 is 4.74 Å². The number of aryl methyl sites for hydroxylation is 1. The fourth-order valence-corrected chi connectivity index (χ4v) is 2.04. The number of hydrogen-bond acceptors (Lipinski definition) is 5. The summed E-state index contributed by atoms with van der Waals surface area (Å²) in [5.41, 5.74) is 1.39. The summed E-state index contributed by atoms with van der Waals surface area (Å²) in [6.45, 7) is 3.39. The second kappa shape index (κ2) is 4.33. The molecule has 0 unspecified atom stereocenters. The van der Waals surface area contributed by atoms with E-state index >= 15 is 0 Å². The summed E-state index contributed by atoms with van der Waals surface area (Å²) in [4.78, 5) is 22.8. The Kier molecular flexibility index (Phi) is 2.98. The smallest absolute Gasteiger partial charge is 0.320 e. The average Bonchev–Trinajstić information content (AvgIpc) is 2.26. The molecule has 0 N–H and O–H groups in total. The third-order valence-corrected chi connectivity index (χ3v) is 2.81. The van der Waals surface area contributed by atoms with E-state index in [-0.39, 0.29) is 6.42 Å². The Morgan fingerprint density at radius 2 is 1.83 bits per heavy atom. The van der Waals surface area contributed by atoms with Gasteiger partial charge in [0.15, 0.2) is 0 Å². The number of carbonyl (C=O) groups excluding carboxylic acids is 2. The molecule has 0 aromatic heterocycles. The Labute approximate surface area is 105 Å². The normalized spacial score (nSPS) is 17.9. The summed E-state index contributed by atoms with van der Waals surface area (Å²) in [5, 5.41) is 0. The minimum atomic E-state index is -1.43. The fourth-order valence-electron chi connectivity index (χ4n) is 2.04. The van der Waals surface area contributed by atoms with Crippen molar-refractivity contribution in [1.82, 2.24) is 0 Å². The van der Waals surface area contributed by atoms with E-state index in [0.717, 1.165) is 5.56 Å². The first-order valence-corrected chi connectivity index (χ1v) is 5.54. The predicted molar refractivity (Wildman–Crippen MR) is 61.9 cm³/mol. The highest BCUT2D eigenvalue weighted by molar-refractivity contribution is 5.93. The van der Waals surface area contributed by atoms with Crippen LogP contribution in [-0.2, 0) is 24.8 Å². The third kappa shape index (κ3) is 2.03. The van der Waals surface area contributed by atoms with Gasteiger partial charge in [-0.2, -0.15) is 0 Å². The Morgan fingerprint density at radius 1 is 1.22 bits per heavy atom. The molecule has 1 fully saturated rings. The molecule has 1 aromatic rings. The van der Waals surface area contributed by atoms with Crippen molar-refractivity contribution in [3.8, 4) is 5.75 Å². The molecule has 1 aromatic carbocycles. The summed E-state index contributed by atoms with van der Waals surface area (Å²) < 4.78 is 15.6. The number of rotatable bonds is 2. The van der Waals surface area contributed by atoms with Crippen LogP contribution in [-0.4, -0.2) is 19.0 Å². The number of benzene rings is 1. The van der Waals surface area contributed by atoms with Gasteiger partial charge in [-0.1, -0.05) is 12.1 Å². The highest BCUT2D eigenvalue weighted by Gasteiger charge is 2.42. The number of para-hydroxylation sites is 1. The van der Waals surface area contributed by atoms with Crippen molar-refractivity contribution < 1.29 is 23.8 Å². The second-order valence-corrected chi connectivity index (χ2v) is 4.23. The van der Waals surface area contributed by atoms with Gasteiger partial charge in [-0.3, -0.25) is 9.59 Å². The van der Waals surface area contributed by atoms with Gasteiger partial charge in [0, 0.05) is 6.92 Å². The number of hydrogen-bond donors (Lipinski definition) is 0. The first kappa shape index (κ1) is 12.4. The predicted octanol–water partition coefficient (Wildman–Crippen LogP) is 1.67. The largest absolute Gasteiger partial charge is 0.496 e. The van der Waals surface area contributed by atoms with Crippen molar-refractivity contribution in [3.63, 3.8) is 0 Å². The van der Waals surface area contributed by atoms with E-state index < -0.39 is 17.7 Å². The van der Waals surface area contributed by atoms with E-state index in [4.69, 9.17) is 14.2 Å². The number of cyclic esters (lactones) is 2. The maximum Gasteiger partial charge on any atom is 0.320 e. The van der Waals surface area contributed by atoms with Crippen molar-refractivity contribution in [3.05, 3.63) is 29.3 Å². The SMILES string of the molecule is COc1c(C)cccc1C1(C)OC(=O)CC(=O)O1. The molecular weight excluding hydrogens is 236 g/mol. The van der Waals surface area contributed by atoms with Gasteiger partial charge >= 0.3 is 11.9 Å². The lowest BCUT2D eigenvalue weighted by atomic mass is 10.0. The van der Waals surface area contributed by atoms with Crippen LogP contribution >= 0.6 is 0 Å². The molecule has 5 heteroatoms. The maximum absolute atomic E-state index is 11.4. The first-order valence-electron chi connectivity index (χ1n) is 5.54. The molecule has 0 radical (unpaired) electrons. The maximum atomic E-state index is 11.4. The number of esters is 2. The van der Waals surface area contributed by atoms with Gasteiger partial charge in [-0.05, 0) is 18.6 Å². The van der Waals surface area contributed by atoms with Crippen LogP contribution in [0.3, 0.4) is 0 Å². The molecule has 1 aliphatic rings. The number of carbonyl (C=O) groups is 2. The Balaban J connectivity index is 2.49. The molecule has 1 aliphatic heterocycles. The lowest BCUT2D eigenvalue weighted by Gasteiger charge is -2.33. The highest BCUT2D eigenvalue weighted by atomic mass is 16.7. The summed E-state index contributed by atoms with van der Waals surface area (Å²) in [6.07, 6.45) is -0.357. The molecule has 2 rings (SSSR count). The van der Waals surface area contributed by atoms with Gasteiger partial charge in [-0.15, -0.1) is 0 Å². The van der Waals surface area contributed by atoms with Crippen molar-refractivity contribution in [2.24, 2.45) is 0 Å². The number of ether oxygens (including phenoxy) is 3. The molecular formula is C13H14O5. The Bertz CT molecular complexity index is 490. The monoisotopic (exact) mass is 250 g/mol. The van der Waals surface area contributed by atoms with E-state index in [9.17, 15) is 9.59 Å². The van der Waals surface area contributed by atoms with E-state index in [1.165, 1.54) is 14.0 Å². The lowest BCUT2D eigenvalue weighted by Crippen LogP contribution is -2.40. The zero-order valence-electron chi connectivity index (χ0n) is 10.5. The van der Waals surface area contributed by atoms with Crippen molar-refractivity contribution in [1.29, 1.82) is 0 Å². The van der Waals surface area contributed by atoms with Crippen molar-refractivity contribution >= 4 is 11.9 Å². The van der Waals surface area contributed by atoms with Crippen LogP contribution in [0, 0.1) is 6.92 Å². The van der Waals surface area contributed by atoms with E-state index in [2.05, 4.69) is 0 Å². The Morgan fingerprint density at radius 3 is 2.39 bits per heavy atom. The molecule has 96 valence electrons. The summed E-state index contributed by atoms with van der Waals surface area (Å²) in [7, 11) is 1.52. The van der Waals surface area contributed by atoms with Gasteiger partial charge in [0.05, 0.1) is 12.7 Å². The van der Waals surface area contributed by atoms with Crippen molar-refractivity contribution in [2.75, 3.05) is 7.11 Å². The zero-order chi connectivity index (χ0) is 13.3. The topological polar surface area (TPSA) is 61.8 Å². The van der Waals surface area contributed by atoms with Gasteiger partial charge in [-0.25, -0.2) is 0 Å². The molecule has 0 aliphatic carbocycles. The van der Waals surface area contributed by atoms with Gasteiger partial charge in [0.1, 0.15) is 12.2 Å². The van der Waals surface area contributed by atoms with Crippen LogP contribution in [0.2, 0.25) is 0 Å². The summed E-state index contributed by atoms with van der Waals surface area (Å²) in [6, 6.07) is 5.35. The van der Waals surface area contributed by atoms with Crippen molar-refractivity contribution in [2.45, 2.75) is 26.1 Å². The van der Waals surface area contributed by atoms with Gasteiger partial charge < -0.3 is 14.2 Å². The molecule has 1 saturated heterocycles. The average molecular weight is 250 g/mol. The van der Waals surface area contributed by atoms with Crippen LogP contribution in [0.5, 0.6) is 5.75 Å². The van der Waals surface area contributed by atoms with Crippen LogP contribution in [0.1, 0.15) is 24.5 Å². The zero-order valence-corrected chi connectivity index (χ0v) is 10.5. The van der Waals surface area contributed by atoms with E-state index in [0.29, 0.717) is 11.3 Å². The molecule has 5 nitrogen and oxygen atoms in total. The molecule has 1 heterocycles.